The lowest BCUT2D eigenvalue weighted by atomic mass is 10.1. The third-order valence-corrected chi connectivity index (χ3v) is 3.98. The highest BCUT2D eigenvalue weighted by Gasteiger charge is 2.12. The van der Waals surface area contributed by atoms with Gasteiger partial charge in [0.15, 0.2) is 0 Å². The molecule has 0 radical (unpaired) electrons. The minimum atomic E-state index is -0.557. The molecular weight excluding hydrogens is 356 g/mol. The number of benzene rings is 3. The van der Waals surface area contributed by atoms with Crippen molar-refractivity contribution < 1.29 is 19.3 Å². The Hall–Kier alpha value is -3.80. The normalized spacial score (nSPS) is 10.1. The predicted molar refractivity (Wildman–Crippen MR) is 107 cm³/mol. The molecule has 3 rings (SSSR count). The lowest BCUT2D eigenvalue weighted by Crippen LogP contribution is -2.13. The van der Waals surface area contributed by atoms with E-state index in [-0.39, 0.29) is 0 Å². The first kappa shape index (κ1) is 19.0. The molecular formula is C22H20N2O4. The molecule has 0 amide bonds. The summed E-state index contributed by atoms with van der Waals surface area (Å²) in [6, 6.07) is 20.9. The third-order valence-electron chi connectivity index (χ3n) is 3.98. The van der Waals surface area contributed by atoms with Crippen LogP contribution in [0.1, 0.15) is 31.8 Å². The molecule has 0 saturated heterocycles. The summed E-state index contributed by atoms with van der Waals surface area (Å²) in [6.45, 7) is 3.94. The van der Waals surface area contributed by atoms with Gasteiger partial charge < -0.3 is 9.68 Å². The van der Waals surface area contributed by atoms with Gasteiger partial charge in [-0.3, -0.25) is 0 Å². The average Bonchev–Trinajstić information content (AvgIpc) is 2.72. The molecule has 0 heterocycles. The lowest BCUT2D eigenvalue weighted by molar-refractivity contribution is 0.0582. The molecule has 6 nitrogen and oxygen atoms in total. The minimum absolute atomic E-state index is 0.308. The highest BCUT2D eigenvalue weighted by molar-refractivity contribution is 5.93. The number of carbonyl (C=O) groups is 2. The van der Waals surface area contributed by atoms with Crippen molar-refractivity contribution in [1.29, 1.82) is 0 Å². The first-order valence-corrected chi connectivity index (χ1v) is 8.69. The van der Waals surface area contributed by atoms with Crippen molar-refractivity contribution in [2.75, 3.05) is 11.0 Å². The van der Waals surface area contributed by atoms with Crippen LogP contribution in [0.2, 0.25) is 0 Å². The Morgan fingerprint density at radius 1 is 0.571 bits per heavy atom. The Morgan fingerprint density at radius 2 is 0.893 bits per heavy atom. The second kappa shape index (κ2) is 8.73. The SMILES string of the molecule is Cc1ccc(NOC(=O)c2ccc(C(=O)ONc3ccc(C)cc3)cc2)cc1. The summed E-state index contributed by atoms with van der Waals surface area (Å²) < 4.78 is 0. The number of carbonyl (C=O) groups excluding carboxylic acids is 2. The second-order valence-corrected chi connectivity index (χ2v) is 6.29. The minimum Gasteiger partial charge on any atom is -0.338 e. The molecule has 3 aromatic carbocycles. The van der Waals surface area contributed by atoms with Gasteiger partial charge in [0.25, 0.3) is 0 Å². The van der Waals surface area contributed by atoms with Gasteiger partial charge in [0.05, 0.1) is 22.5 Å². The van der Waals surface area contributed by atoms with Crippen LogP contribution in [0.3, 0.4) is 0 Å². The number of rotatable bonds is 6. The standard InChI is InChI=1S/C22H20N2O4/c1-15-3-11-19(12-4-15)23-27-21(25)17-7-9-18(10-8-17)22(26)28-24-20-13-5-16(2)6-14-20/h3-14,23-24H,1-2H3. The van der Waals surface area contributed by atoms with Crippen molar-refractivity contribution in [2.24, 2.45) is 0 Å². The van der Waals surface area contributed by atoms with Crippen LogP contribution in [0.15, 0.2) is 72.8 Å². The molecule has 2 N–H and O–H groups in total. The van der Waals surface area contributed by atoms with Crippen LogP contribution in [0.25, 0.3) is 0 Å². The van der Waals surface area contributed by atoms with Crippen LogP contribution in [0, 0.1) is 13.8 Å². The Bertz CT molecular complexity index is 869. The summed E-state index contributed by atoms with van der Waals surface area (Å²) in [5, 5.41) is 0. The molecule has 6 heteroatoms. The summed E-state index contributed by atoms with van der Waals surface area (Å²) in [6.07, 6.45) is 0. The maximum Gasteiger partial charge on any atom is 0.362 e. The van der Waals surface area contributed by atoms with Crippen molar-refractivity contribution in [2.45, 2.75) is 13.8 Å². The van der Waals surface area contributed by atoms with Gasteiger partial charge in [-0.15, -0.1) is 0 Å². The molecule has 0 bridgehead atoms. The van der Waals surface area contributed by atoms with Gasteiger partial charge in [0.1, 0.15) is 0 Å². The smallest absolute Gasteiger partial charge is 0.338 e. The van der Waals surface area contributed by atoms with E-state index in [9.17, 15) is 9.59 Å². The summed E-state index contributed by atoms with van der Waals surface area (Å²) in [5.41, 5.74) is 9.36. The molecule has 0 aliphatic rings. The van der Waals surface area contributed by atoms with E-state index >= 15 is 0 Å². The largest absolute Gasteiger partial charge is 0.362 e. The van der Waals surface area contributed by atoms with Crippen molar-refractivity contribution >= 4 is 23.3 Å². The molecule has 28 heavy (non-hydrogen) atoms. The molecule has 0 spiro atoms. The van der Waals surface area contributed by atoms with Gasteiger partial charge in [0, 0.05) is 0 Å². The quantitative estimate of drug-likeness (QED) is 0.609. The zero-order valence-corrected chi connectivity index (χ0v) is 15.6. The highest BCUT2D eigenvalue weighted by atomic mass is 16.7. The van der Waals surface area contributed by atoms with Crippen LogP contribution in [-0.2, 0) is 9.68 Å². The molecule has 0 aliphatic heterocycles. The van der Waals surface area contributed by atoms with Crippen LogP contribution >= 0.6 is 0 Å². The topological polar surface area (TPSA) is 76.7 Å². The molecule has 0 aliphatic carbocycles. The van der Waals surface area contributed by atoms with E-state index in [0.29, 0.717) is 22.5 Å². The van der Waals surface area contributed by atoms with Gasteiger partial charge in [-0.2, -0.15) is 0 Å². The monoisotopic (exact) mass is 376 g/mol. The van der Waals surface area contributed by atoms with Gasteiger partial charge in [-0.25, -0.2) is 20.5 Å². The van der Waals surface area contributed by atoms with Gasteiger partial charge in [0.2, 0.25) is 0 Å². The fourth-order valence-electron chi connectivity index (χ4n) is 2.31. The van der Waals surface area contributed by atoms with Crippen molar-refractivity contribution in [3.8, 4) is 0 Å². The van der Waals surface area contributed by atoms with Crippen molar-refractivity contribution in [3.63, 3.8) is 0 Å². The van der Waals surface area contributed by atoms with Crippen LogP contribution in [0.4, 0.5) is 11.4 Å². The predicted octanol–water partition coefficient (Wildman–Crippen LogP) is 4.67. The number of nitrogens with one attached hydrogen (secondary N) is 2. The van der Waals surface area contributed by atoms with E-state index < -0.39 is 11.9 Å². The van der Waals surface area contributed by atoms with E-state index in [4.69, 9.17) is 9.68 Å². The lowest BCUT2D eigenvalue weighted by Gasteiger charge is -2.08. The Kier molecular flexibility index (Phi) is 5.91. The van der Waals surface area contributed by atoms with Gasteiger partial charge >= 0.3 is 11.9 Å². The number of aryl methyl sites for hydroxylation is 2. The van der Waals surface area contributed by atoms with Gasteiger partial charge in [-0.1, -0.05) is 35.4 Å². The van der Waals surface area contributed by atoms with Gasteiger partial charge in [-0.05, 0) is 62.4 Å². The number of anilines is 2. The average molecular weight is 376 g/mol. The molecule has 3 aromatic rings. The Labute approximate surface area is 163 Å². The Balaban J connectivity index is 1.53. The van der Waals surface area contributed by atoms with Crippen LogP contribution in [0.5, 0.6) is 0 Å². The number of hydrogen-bond donors (Lipinski definition) is 2. The second-order valence-electron chi connectivity index (χ2n) is 6.29. The van der Waals surface area contributed by atoms with Crippen molar-refractivity contribution in [1.82, 2.24) is 0 Å². The van der Waals surface area contributed by atoms with Crippen LogP contribution < -0.4 is 11.0 Å². The molecule has 0 atom stereocenters. The molecule has 0 saturated carbocycles. The highest BCUT2D eigenvalue weighted by Crippen LogP contribution is 2.12. The number of hydrogen-bond acceptors (Lipinski definition) is 6. The summed E-state index contributed by atoms with van der Waals surface area (Å²) in [7, 11) is 0. The van der Waals surface area contributed by atoms with E-state index in [0.717, 1.165) is 11.1 Å². The van der Waals surface area contributed by atoms with Crippen molar-refractivity contribution in [3.05, 3.63) is 95.1 Å². The van der Waals surface area contributed by atoms with E-state index in [2.05, 4.69) is 11.0 Å². The summed E-state index contributed by atoms with van der Waals surface area (Å²) >= 11 is 0. The first-order chi connectivity index (χ1) is 13.5. The third kappa shape index (κ3) is 5.11. The van der Waals surface area contributed by atoms with E-state index in [1.807, 2.05) is 62.4 Å². The maximum atomic E-state index is 12.1. The molecule has 142 valence electrons. The zero-order chi connectivity index (χ0) is 19.9. The molecule has 0 unspecified atom stereocenters. The Morgan fingerprint density at radius 3 is 1.21 bits per heavy atom. The maximum absolute atomic E-state index is 12.1. The zero-order valence-electron chi connectivity index (χ0n) is 15.6. The summed E-state index contributed by atoms with van der Waals surface area (Å²) in [4.78, 5) is 34.3. The molecule has 0 fully saturated rings. The van der Waals surface area contributed by atoms with E-state index in [1.54, 1.807) is 0 Å². The fourth-order valence-corrected chi connectivity index (χ4v) is 2.31. The van der Waals surface area contributed by atoms with E-state index in [1.165, 1.54) is 24.3 Å². The summed E-state index contributed by atoms with van der Waals surface area (Å²) in [5.74, 6) is -1.11. The van der Waals surface area contributed by atoms with Crippen LogP contribution in [-0.4, -0.2) is 11.9 Å². The fraction of sp³-hybridized carbons (Fsp3) is 0.0909. The first-order valence-electron chi connectivity index (χ1n) is 8.69. The molecule has 0 aromatic heterocycles.